The summed E-state index contributed by atoms with van der Waals surface area (Å²) in [4.78, 5) is 28.2. The molecule has 2 aromatic rings. The number of pyridine rings is 1. The predicted molar refractivity (Wildman–Crippen MR) is 91.4 cm³/mol. The van der Waals surface area contributed by atoms with Crippen LogP contribution in [0.3, 0.4) is 0 Å². The van der Waals surface area contributed by atoms with Gasteiger partial charge in [0.05, 0.1) is 23.9 Å². The van der Waals surface area contributed by atoms with Gasteiger partial charge in [0.15, 0.2) is 0 Å². The molecule has 2 rings (SSSR count). The number of benzene rings is 1. The maximum atomic E-state index is 12.5. The number of aryl methyl sites for hydroxylation is 1. The molecule has 128 valence electrons. The molecule has 1 atom stereocenters. The van der Waals surface area contributed by atoms with Crippen LogP contribution in [-0.2, 0) is 4.79 Å². The summed E-state index contributed by atoms with van der Waals surface area (Å²) in [6.07, 6.45) is 0.373. The van der Waals surface area contributed by atoms with Gasteiger partial charge in [-0.3, -0.25) is 9.78 Å². The molecule has 0 saturated heterocycles. The van der Waals surface area contributed by atoms with E-state index in [0.717, 1.165) is 10.9 Å². The number of nitrogens with one attached hydrogen (secondary N) is 1. The number of aliphatic carboxylic acids is 1. The van der Waals surface area contributed by atoms with Crippen molar-refractivity contribution in [3.8, 4) is 5.75 Å². The Bertz CT molecular complexity index is 771. The summed E-state index contributed by atoms with van der Waals surface area (Å²) in [6, 6.07) is 6.22. The number of aromatic nitrogens is 1. The Morgan fingerprint density at radius 1 is 1.29 bits per heavy atom. The van der Waals surface area contributed by atoms with Crippen LogP contribution in [0.1, 0.15) is 36.3 Å². The fraction of sp³-hybridized carbons (Fsp3) is 0.389. The molecule has 6 heteroatoms. The first-order valence-corrected chi connectivity index (χ1v) is 7.81. The van der Waals surface area contributed by atoms with Crippen LogP contribution in [0.5, 0.6) is 5.75 Å². The van der Waals surface area contributed by atoms with Gasteiger partial charge in [0.1, 0.15) is 11.8 Å². The summed E-state index contributed by atoms with van der Waals surface area (Å²) in [6.45, 7) is 5.56. The number of methoxy groups -OCH3 is 1. The second-order valence-corrected chi connectivity index (χ2v) is 6.17. The lowest BCUT2D eigenvalue weighted by atomic mass is 10.0. The number of ether oxygens (including phenoxy) is 1. The van der Waals surface area contributed by atoms with E-state index in [1.165, 1.54) is 0 Å². The summed E-state index contributed by atoms with van der Waals surface area (Å²) < 4.78 is 5.17. The minimum Gasteiger partial charge on any atom is -0.497 e. The molecule has 24 heavy (non-hydrogen) atoms. The number of carbonyl (C=O) groups excluding carboxylic acids is 1. The van der Waals surface area contributed by atoms with Gasteiger partial charge >= 0.3 is 5.97 Å². The van der Waals surface area contributed by atoms with Crippen molar-refractivity contribution in [3.63, 3.8) is 0 Å². The molecule has 0 spiro atoms. The van der Waals surface area contributed by atoms with E-state index in [-0.39, 0.29) is 5.92 Å². The molecule has 1 amide bonds. The maximum absolute atomic E-state index is 12.5. The Morgan fingerprint density at radius 3 is 2.58 bits per heavy atom. The molecule has 0 aliphatic rings. The number of fused-ring (bicyclic) bond motifs is 1. The molecule has 0 saturated carbocycles. The van der Waals surface area contributed by atoms with Gasteiger partial charge in [0.25, 0.3) is 5.91 Å². The molecule has 2 N–H and O–H groups in total. The molecule has 1 aromatic heterocycles. The molecule has 0 radical (unpaired) electrons. The number of carboxylic acid groups (broad SMARTS) is 1. The van der Waals surface area contributed by atoms with Gasteiger partial charge in [0.2, 0.25) is 0 Å². The van der Waals surface area contributed by atoms with Crippen molar-refractivity contribution in [2.75, 3.05) is 7.11 Å². The first-order valence-electron chi connectivity index (χ1n) is 7.81. The van der Waals surface area contributed by atoms with Crippen LogP contribution in [0.4, 0.5) is 0 Å². The molecule has 1 aromatic carbocycles. The highest BCUT2D eigenvalue weighted by Gasteiger charge is 2.23. The second-order valence-electron chi connectivity index (χ2n) is 6.17. The zero-order chi connectivity index (χ0) is 17.9. The summed E-state index contributed by atoms with van der Waals surface area (Å²) >= 11 is 0. The Hall–Kier alpha value is -2.63. The van der Waals surface area contributed by atoms with Crippen LogP contribution in [0.15, 0.2) is 24.3 Å². The van der Waals surface area contributed by atoms with Crippen molar-refractivity contribution in [2.24, 2.45) is 5.92 Å². The first-order chi connectivity index (χ1) is 11.3. The number of carbonyl (C=O) groups is 2. The van der Waals surface area contributed by atoms with Gasteiger partial charge in [-0.2, -0.15) is 0 Å². The molecule has 0 fully saturated rings. The number of nitrogens with zero attached hydrogens (tertiary/aromatic N) is 1. The molecule has 0 bridgehead atoms. The number of rotatable bonds is 6. The maximum Gasteiger partial charge on any atom is 0.326 e. The molecule has 0 aliphatic carbocycles. The number of carboxylic acids is 1. The molecular formula is C18H22N2O4. The molecule has 0 unspecified atom stereocenters. The van der Waals surface area contributed by atoms with Gasteiger partial charge in [0, 0.05) is 11.5 Å². The van der Waals surface area contributed by atoms with E-state index in [2.05, 4.69) is 10.3 Å². The summed E-state index contributed by atoms with van der Waals surface area (Å²) in [5, 5.41) is 12.7. The van der Waals surface area contributed by atoms with Crippen LogP contribution >= 0.6 is 0 Å². The third kappa shape index (κ3) is 4.01. The van der Waals surface area contributed by atoms with Crippen molar-refractivity contribution in [3.05, 3.63) is 35.5 Å². The Kier molecular flexibility index (Phi) is 5.39. The minimum atomic E-state index is -1.03. The topological polar surface area (TPSA) is 88.5 Å². The zero-order valence-corrected chi connectivity index (χ0v) is 14.3. The van der Waals surface area contributed by atoms with Gasteiger partial charge < -0.3 is 15.2 Å². The van der Waals surface area contributed by atoms with Crippen molar-refractivity contribution in [1.29, 1.82) is 0 Å². The van der Waals surface area contributed by atoms with E-state index in [0.29, 0.717) is 23.4 Å². The smallest absolute Gasteiger partial charge is 0.326 e. The average molecular weight is 330 g/mol. The van der Waals surface area contributed by atoms with Crippen molar-refractivity contribution >= 4 is 22.8 Å². The van der Waals surface area contributed by atoms with Gasteiger partial charge in [-0.05, 0) is 37.5 Å². The van der Waals surface area contributed by atoms with E-state index in [9.17, 15) is 14.7 Å². The highest BCUT2D eigenvalue weighted by atomic mass is 16.5. The summed E-state index contributed by atoms with van der Waals surface area (Å²) in [5.41, 5.74) is 1.64. The Morgan fingerprint density at radius 2 is 2.00 bits per heavy atom. The van der Waals surface area contributed by atoms with E-state index < -0.39 is 17.9 Å². The fourth-order valence-electron chi connectivity index (χ4n) is 2.53. The van der Waals surface area contributed by atoms with E-state index in [4.69, 9.17) is 4.74 Å². The van der Waals surface area contributed by atoms with E-state index in [1.807, 2.05) is 19.9 Å². The zero-order valence-electron chi connectivity index (χ0n) is 14.3. The monoisotopic (exact) mass is 330 g/mol. The normalized spacial score (nSPS) is 12.2. The van der Waals surface area contributed by atoms with Crippen molar-refractivity contribution in [2.45, 2.75) is 33.2 Å². The number of amides is 1. The predicted octanol–water partition coefficient (Wildman–Crippen LogP) is 2.78. The third-order valence-electron chi connectivity index (χ3n) is 3.77. The lowest BCUT2D eigenvalue weighted by molar-refractivity contribution is -0.139. The Labute approximate surface area is 140 Å². The number of hydrogen-bond donors (Lipinski definition) is 2. The molecule has 6 nitrogen and oxygen atoms in total. The Balaban J connectivity index is 2.31. The number of hydrogen-bond acceptors (Lipinski definition) is 4. The third-order valence-corrected chi connectivity index (χ3v) is 3.77. The van der Waals surface area contributed by atoms with Crippen molar-refractivity contribution in [1.82, 2.24) is 10.3 Å². The lowest BCUT2D eigenvalue weighted by Gasteiger charge is -2.17. The van der Waals surface area contributed by atoms with Crippen LogP contribution in [0.2, 0.25) is 0 Å². The highest BCUT2D eigenvalue weighted by Crippen LogP contribution is 2.22. The van der Waals surface area contributed by atoms with Crippen LogP contribution in [-0.4, -0.2) is 35.1 Å². The largest absolute Gasteiger partial charge is 0.497 e. The average Bonchev–Trinajstić information content (AvgIpc) is 2.52. The SMILES string of the molecule is COc1ccc2cc(C(=O)N[C@@H](CC(C)C)C(=O)O)c(C)nc2c1. The summed E-state index contributed by atoms with van der Waals surface area (Å²) in [5.74, 6) is -0.608. The van der Waals surface area contributed by atoms with Crippen molar-refractivity contribution < 1.29 is 19.4 Å². The summed E-state index contributed by atoms with van der Waals surface area (Å²) in [7, 11) is 1.58. The molecular weight excluding hydrogens is 308 g/mol. The van der Waals surface area contributed by atoms with Gasteiger partial charge in [-0.25, -0.2) is 4.79 Å². The van der Waals surface area contributed by atoms with Crippen LogP contribution in [0, 0.1) is 12.8 Å². The highest BCUT2D eigenvalue weighted by molar-refractivity contribution is 6.00. The van der Waals surface area contributed by atoms with Crippen LogP contribution < -0.4 is 10.1 Å². The van der Waals surface area contributed by atoms with E-state index >= 15 is 0 Å². The lowest BCUT2D eigenvalue weighted by Crippen LogP contribution is -2.41. The second kappa shape index (κ2) is 7.29. The molecule has 0 aliphatic heterocycles. The first kappa shape index (κ1) is 17.7. The van der Waals surface area contributed by atoms with E-state index in [1.54, 1.807) is 32.2 Å². The standard InChI is InChI=1S/C18H22N2O4/c1-10(2)7-16(18(22)23)20-17(21)14-8-12-5-6-13(24-4)9-15(12)19-11(14)3/h5-6,8-10,16H,7H2,1-4H3,(H,20,21)(H,22,23)/t16-/m0/s1. The minimum absolute atomic E-state index is 0.162. The van der Waals surface area contributed by atoms with Crippen LogP contribution in [0.25, 0.3) is 10.9 Å². The quantitative estimate of drug-likeness (QED) is 0.850. The molecule has 1 heterocycles. The van der Waals surface area contributed by atoms with Gasteiger partial charge in [-0.15, -0.1) is 0 Å². The fourth-order valence-corrected chi connectivity index (χ4v) is 2.53. The van der Waals surface area contributed by atoms with Gasteiger partial charge in [-0.1, -0.05) is 13.8 Å².